The van der Waals surface area contributed by atoms with Crippen molar-refractivity contribution in [3.8, 4) is 0 Å². The third-order valence-electron chi connectivity index (χ3n) is 4.87. The number of aromatic nitrogens is 2. The van der Waals surface area contributed by atoms with Gasteiger partial charge in [0.1, 0.15) is 0 Å². The van der Waals surface area contributed by atoms with Gasteiger partial charge in [0.15, 0.2) is 0 Å². The van der Waals surface area contributed by atoms with Gasteiger partial charge in [-0.15, -0.1) is 0 Å². The first-order valence-corrected chi connectivity index (χ1v) is 9.63. The van der Waals surface area contributed by atoms with E-state index in [1.54, 1.807) is 0 Å². The lowest BCUT2D eigenvalue weighted by Crippen LogP contribution is -2.46. The van der Waals surface area contributed by atoms with Crippen molar-refractivity contribution in [2.45, 2.75) is 59.4 Å². The maximum atomic E-state index is 4.45. The fourth-order valence-corrected chi connectivity index (χ4v) is 3.32. The van der Waals surface area contributed by atoms with Crippen molar-refractivity contribution in [3.63, 3.8) is 0 Å². The molecule has 0 atom stereocenters. The smallest absolute Gasteiger partial charge is 0.0524 e. The molecule has 1 saturated heterocycles. The van der Waals surface area contributed by atoms with Crippen LogP contribution in [0.15, 0.2) is 24.7 Å². The van der Waals surface area contributed by atoms with E-state index < -0.39 is 0 Å². The van der Waals surface area contributed by atoms with E-state index in [9.17, 15) is 0 Å². The summed E-state index contributed by atoms with van der Waals surface area (Å²) in [5.41, 5.74) is 2.65. The highest BCUT2D eigenvalue weighted by atomic mass is 15.3. The zero-order valence-electron chi connectivity index (χ0n) is 16.2. The zero-order valence-corrected chi connectivity index (χ0v) is 16.2. The average Bonchev–Trinajstić information content (AvgIpc) is 3.00. The van der Waals surface area contributed by atoms with Crippen molar-refractivity contribution >= 4 is 0 Å². The first kappa shape index (κ1) is 19.0. The van der Waals surface area contributed by atoms with E-state index in [-0.39, 0.29) is 0 Å². The summed E-state index contributed by atoms with van der Waals surface area (Å²) in [7, 11) is 0. The Bertz CT molecular complexity index is 495. The highest BCUT2D eigenvalue weighted by Gasteiger charge is 2.18. The van der Waals surface area contributed by atoms with Crippen LogP contribution in [0.25, 0.3) is 0 Å². The molecule has 136 valence electrons. The molecule has 0 amide bonds. The molecule has 1 aromatic heterocycles. The van der Waals surface area contributed by atoms with Crippen molar-refractivity contribution in [2.75, 3.05) is 32.7 Å². The van der Waals surface area contributed by atoms with Gasteiger partial charge < -0.3 is 4.90 Å². The SMILES string of the molecule is C=C(CCCCn1cc(C(C)C)cn1)N1CCN(CC(C)C)CC1. The fraction of sp³-hybridized carbons (Fsp3) is 0.750. The predicted octanol–water partition coefficient (Wildman–Crippen LogP) is 3.96. The Labute approximate surface area is 148 Å². The van der Waals surface area contributed by atoms with Gasteiger partial charge in [-0.2, -0.15) is 5.10 Å². The van der Waals surface area contributed by atoms with E-state index in [2.05, 4.69) is 60.1 Å². The largest absolute Gasteiger partial charge is 0.373 e. The molecule has 1 fully saturated rings. The van der Waals surface area contributed by atoms with Gasteiger partial charge in [-0.25, -0.2) is 0 Å². The Morgan fingerprint density at radius 1 is 1.12 bits per heavy atom. The molecule has 1 aliphatic rings. The lowest BCUT2D eigenvalue weighted by molar-refractivity contribution is 0.143. The molecule has 0 aromatic carbocycles. The number of unbranched alkanes of at least 4 members (excludes halogenated alkanes) is 1. The molecule has 1 aromatic rings. The molecule has 0 spiro atoms. The molecular weight excluding hydrogens is 296 g/mol. The summed E-state index contributed by atoms with van der Waals surface area (Å²) in [6.45, 7) is 20.2. The topological polar surface area (TPSA) is 24.3 Å². The summed E-state index contributed by atoms with van der Waals surface area (Å²) in [5, 5.41) is 4.45. The van der Waals surface area contributed by atoms with Crippen LogP contribution >= 0.6 is 0 Å². The second-order valence-electron chi connectivity index (χ2n) is 7.90. The van der Waals surface area contributed by atoms with Crippen molar-refractivity contribution in [1.82, 2.24) is 19.6 Å². The number of hydrogen-bond donors (Lipinski definition) is 0. The molecule has 0 radical (unpaired) electrons. The van der Waals surface area contributed by atoms with Gasteiger partial charge in [0, 0.05) is 51.2 Å². The van der Waals surface area contributed by atoms with Crippen LogP contribution in [0.3, 0.4) is 0 Å². The minimum Gasteiger partial charge on any atom is -0.373 e. The van der Waals surface area contributed by atoms with Gasteiger partial charge >= 0.3 is 0 Å². The van der Waals surface area contributed by atoms with E-state index in [4.69, 9.17) is 0 Å². The normalized spacial score (nSPS) is 16.3. The van der Waals surface area contributed by atoms with Gasteiger partial charge in [-0.3, -0.25) is 9.58 Å². The molecule has 1 aliphatic heterocycles. The van der Waals surface area contributed by atoms with Crippen molar-refractivity contribution < 1.29 is 0 Å². The van der Waals surface area contributed by atoms with Crippen LogP contribution in [0.4, 0.5) is 0 Å². The third-order valence-corrected chi connectivity index (χ3v) is 4.87. The number of nitrogens with zero attached hydrogens (tertiary/aromatic N) is 4. The summed E-state index contributed by atoms with van der Waals surface area (Å²) < 4.78 is 2.09. The molecule has 0 bridgehead atoms. The second kappa shape index (κ2) is 9.26. The number of piperazine rings is 1. The Kier molecular flexibility index (Phi) is 7.35. The van der Waals surface area contributed by atoms with Crippen molar-refractivity contribution in [1.29, 1.82) is 0 Å². The monoisotopic (exact) mass is 332 g/mol. The molecule has 24 heavy (non-hydrogen) atoms. The van der Waals surface area contributed by atoms with Gasteiger partial charge in [0.2, 0.25) is 0 Å². The standard InChI is InChI=1S/C20H36N4/c1-17(2)15-22-10-12-23(13-11-22)19(5)8-6-7-9-24-16-20(14-21-24)18(3)4/h14,16-18H,5-13,15H2,1-4H3. The third kappa shape index (κ3) is 5.97. The van der Waals surface area contributed by atoms with Crippen molar-refractivity contribution in [3.05, 3.63) is 30.2 Å². The molecule has 2 heterocycles. The van der Waals surface area contributed by atoms with E-state index in [0.717, 1.165) is 32.0 Å². The first-order chi connectivity index (χ1) is 11.5. The van der Waals surface area contributed by atoms with E-state index in [0.29, 0.717) is 5.92 Å². The summed E-state index contributed by atoms with van der Waals surface area (Å²) in [6, 6.07) is 0. The highest BCUT2D eigenvalue weighted by molar-refractivity contribution is 5.08. The quantitative estimate of drug-likeness (QED) is 0.640. The second-order valence-corrected chi connectivity index (χ2v) is 7.90. The maximum Gasteiger partial charge on any atom is 0.0524 e. The number of hydrogen-bond acceptors (Lipinski definition) is 3. The van der Waals surface area contributed by atoms with Crippen LogP contribution in [0.1, 0.15) is 58.4 Å². The molecule has 4 heteroatoms. The molecule has 2 rings (SSSR count). The Hall–Kier alpha value is -1.29. The Balaban J connectivity index is 1.61. The number of allylic oxidation sites excluding steroid dienone is 1. The van der Waals surface area contributed by atoms with Gasteiger partial charge in [-0.05, 0) is 36.7 Å². The number of aryl methyl sites for hydroxylation is 1. The van der Waals surface area contributed by atoms with Crippen LogP contribution in [-0.2, 0) is 6.54 Å². The molecule has 0 aliphatic carbocycles. The van der Waals surface area contributed by atoms with Gasteiger partial charge in [0.25, 0.3) is 0 Å². The summed E-state index contributed by atoms with van der Waals surface area (Å²) in [6.07, 6.45) is 7.67. The number of rotatable bonds is 9. The molecule has 0 saturated carbocycles. The average molecular weight is 333 g/mol. The maximum absolute atomic E-state index is 4.45. The Morgan fingerprint density at radius 3 is 2.42 bits per heavy atom. The molecule has 0 unspecified atom stereocenters. The lowest BCUT2D eigenvalue weighted by atomic mass is 10.1. The first-order valence-electron chi connectivity index (χ1n) is 9.63. The summed E-state index contributed by atoms with van der Waals surface area (Å²) in [5.74, 6) is 1.33. The van der Waals surface area contributed by atoms with E-state index >= 15 is 0 Å². The van der Waals surface area contributed by atoms with Crippen LogP contribution < -0.4 is 0 Å². The van der Waals surface area contributed by atoms with E-state index in [1.165, 1.54) is 43.7 Å². The summed E-state index contributed by atoms with van der Waals surface area (Å²) in [4.78, 5) is 5.07. The van der Waals surface area contributed by atoms with Crippen LogP contribution in [-0.4, -0.2) is 52.3 Å². The van der Waals surface area contributed by atoms with Gasteiger partial charge in [0.05, 0.1) is 6.20 Å². The fourth-order valence-electron chi connectivity index (χ4n) is 3.32. The van der Waals surface area contributed by atoms with Crippen LogP contribution in [0, 0.1) is 5.92 Å². The molecule has 0 N–H and O–H groups in total. The minimum atomic E-state index is 0.563. The van der Waals surface area contributed by atoms with Gasteiger partial charge in [-0.1, -0.05) is 34.3 Å². The molecular formula is C20H36N4. The van der Waals surface area contributed by atoms with Crippen LogP contribution in [0.5, 0.6) is 0 Å². The highest BCUT2D eigenvalue weighted by Crippen LogP contribution is 2.16. The molecule has 4 nitrogen and oxygen atoms in total. The summed E-state index contributed by atoms with van der Waals surface area (Å²) >= 11 is 0. The van der Waals surface area contributed by atoms with Crippen LogP contribution in [0.2, 0.25) is 0 Å². The van der Waals surface area contributed by atoms with E-state index in [1.807, 2.05) is 6.20 Å². The minimum absolute atomic E-state index is 0.563. The van der Waals surface area contributed by atoms with Crippen molar-refractivity contribution in [2.24, 2.45) is 5.92 Å². The lowest BCUT2D eigenvalue weighted by Gasteiger charge is -2.37. The predicted molar refractivity (Wildman–Crippen MR) is 102 cm³/mol. The Morgan fingerprint density at radius 2 is 1.83 bits per heavy atom. The zero-order chi connectivity index (χ0) is 17.5.